The molecule has 3 rings (SSSR count). The van der Waals surface area contributed by atoms with Gasteiger partial charge in [-0.3, -0.25) is 14.6 Å². The summed E-state index contributed by atoms with van der Waals surface area (Å²) >= 11 is 0. The maximum Gasteiger partial charge on any atom is 0.274 e. The number of hydrogen-bond donors (Lipinski definition) is 2. The van der Waals surface area contributed by atoms with Gasteiger partial charge in [0.15, 0.2) is 11.5 Å². The maximum absolute atomic E-state index is 12.4. The third kappa shape index (κ3) is 4.30. The molecule has 1 aromatic heterocycles. The number of carbonyl (C=O) groups excluding carboxylic acids is 2. The van der Waals surface area contributed by atoms with Gasteiger partial charge in [0.05, 0.1) is 0 Å². The number of ether oxygens (including phenoxy) is 2. The van der Waals surface area contributed by atoms with Crippen molar-refractivity contribution in [2.75, 3.05) is 18.7 Å². The van der Waals surface area contributed by atoms with Gasteiger partial charge in [-0.05, 0) is 30.7 Å². The number of anilines is 1. The Labute approximate surface area is 151 Å². The van der Waals surface area contributed by atoms with Gasteiger partial charge in [-0.1, -0.05) is 19.8 Å². The summed E-state index contributed by atoms with van der Waals surface area (Å²) in [6.45, 7) is 2.90. The molecule has 0 radical (unpaired) electrons. The first-order valence-electron chi connectivity index (χ1n) is 8.62. The molecule has 0 saturated carbocycles. The lowest BCUT2D eigenvalue weighted by Gasteiger charge is -2.08. The van der Waals surface area contributed by atoms with E-state index in [0.717, 1.165) is 19.3 Å². The van der Waals surface area contributed by atoms with Crippen LogP contribution in [0.4, 0.5) is 5.69 Å². The number of fused-ring (bicyclic) bond motifs is 1. The Morgan fingerprint density at radius 2 is 1.92 bits per heavy atom. The predicted octanol–water partition coefficient (Wildman–Crippen LogP) is 2.98. The van der Waals surface area contributed by atoms with Crippen molar-refractivity contribution in [3.05, 3.63) is 47.8 Å². The third-order valence-corrected chi connectivity index (χ3v) is 3.95. The quantitative estimate of drug-likeness (QED) is 0.745. The number of pyridine rings is 1. The van der Waals surface area contributed by atoms with Crippen LogP contribution in [0, 0.1) is 0 Å². The molecule has 136 valence electrons. The van der Waals surface area contributed by atoms with E-state index in [2.05, 4.69) is 22.5 Å². The van der Waals surface area contributed by atoms with Gasteiger partial charge in [-0.2, -0.15) is 0 Å². The van der Waals surface area contributed by atoms with Crippen molar-refractivity contribution in [1.29, 1.82) is 0 Å². The van der Waals surface area contributed by atoms with Gasteiger partial charge in [-0.25, -0.2) is 0 Å². The van der Waals surface area contributed by atoms with Crippen molar-refractivity contribution in [1.82, 2.24) is 10.3 Å². The Bertz CT molecular complexity index is 807. The summed E-state index contributed by atoms with van der Waals surface area (Å²) in [5.74, 6) is 0.615. The topological polar surface area (TPSA) is 89.6 Å². The van der Waals surface area contributed by atoms with Gasteiger partial charge in [0.2, 0.25) is 6.79 Å². The van der Waals surface area contributed by atoms with E-state index in [-0.39, 0.29) is 18.4 Å². The van der Waals surface area contributed by atoms with Gasteiger partial charge in [0, 0.05) is 30.1 Å². The lowest BCUT2D eigenvalue weighted by atomic mass is 10.2. The summed E-state index contributed by atoms with van der Waals surface area (Å²) in [5.41, 5.74) is 1.15. The monoisotopic (exact) mass is 355 g/mol. The smallest absolute Gasteiger partial charge is 0.274 e. The Kier molecular flexibility index (Phi) is 5.68. The van der Waals surface area contributed by atoms with E-state index in [1.807, 2.05) is 0 Å². The molecule has 0 spiro atoms. The maximum atomic E-state index is 12.4. The summed E-state index contributed by atoms with van der Waals surface area (Å²) in [5, 5.41) is 5.59. The number of amides is 2. The summed E-state index contributed by atoms with van der Waals surface area (Å²) in [4.78, 5) is 28.6. The van der Waals surface area contributed by atoms with Crippen LogP contribution in [0.2, 0.25) is 0 Å². The molecule has 0 atom stereocenters. The van der Waals surface area contributed by atoms with Crippen molar-refractivity contribution in [3.8, 4) is 11.5 Å². The van der Waals surface area contributed by atoms with Crippen LogP contribution in [0.1, 0.15) is 47.0 Å². The molecule has 2 heterocycles. The summed E-state index contributed by atoms with van der Waals surface area (Å²) in [6.07, 6.45) is 4.55. The molecule has 0 saturated heterocycles. The zero-order chi connectivity index (χ0) is 18.4. The first kappa shape index (κ1) is 17.7. The number of nitrogens with one attached hydrogen (secondary N) is 2. The lowest BCUT2D eigenvalue weighted by molar-refractivity contribution is 0.0953. The molecule has 1 aromatic carbocycles. The number of aromatic nitrogens is 1. The molecular formula is C19H21N3O4. The van der Waals surface area contributed by atoms with Crippen LogP contribution in [0.15, 0.2) is 36.5 Å². The molecule has 0 bridgehead atoms. The number of nitrogens with zero attached hydrogens (tertiary/aromatic N) is 1. The van der Waals surface area contributed by atoms with E-state index < -0.39 is 5.91 Å². The van der Waals surface area contributed by atoms with Crippen LogP contribution in [-0.4, -0.2) is 30.1 Å². The van der Waals surface area contributed by atoms with Gasteiger partial charge in [0.1, 0.15) is 5.69 Å². The first-order valence-corrected chi connectivity index (χ1v) is 8.62. The van der Waals surface area contributed by atoms with Gasteiger partial charge >= 0.3 is 0 Å². The Morgan fingerprint density at radius 1 is 1.08 bits per heavy atom. The highest BCUT2D eigenvalue weighted by molar-refractivity contribution is 6.04. The second-order valence-corrected chi connectivity index (χ2v) is 5.91. The Hall–Kier alpha value is -3.09. The fourth-order valence-corrected chi connectivity index (χ4v) is 2.54. The lowest BCUT2D eigenvalue weighted by Crippen LogP contribution is -2.25. The molecule has 0 unspecified atom stereocenters. The van der Waals surface area contributed by atoms with Gasteiger partial charge in [-0.15, -0.1) is 0 Å². The standard InChI is InChI=1S/C19H21N3O4/c1-2-3-4-8-21-18(23)13-7-9-20-15(10-13)19(24)22-14-5-6-16-17(11-14)26-12-25-16/h5-7,9-11H,2-4,8,12H2,1H3,(H,21,23)(H,22,24). The first-order chi connectivity index (χ1) is 12.7. The molecule has 0 fully saturated rings. The molecule has 7 heteroatoms. The van der Waals surface area contributed by atoms with Crippen LogP contribution >= 0.6 is 0 Å². The van der Waals surface area contributed by atoms with E-state index in [4.69, 9.17) is 9.47 Å². The van der Waals surface area contributed by atoms with Crippen molar-refractivity contribution >= 4 is 17.5 Å². The van der Waals surface area contributed by atoms with Gasteiger partial charge in [0.25, 0.3) is 11.8 Å². The average molecular weight is 355 g/mol. The molecular weight excluding hydrogens is 334 g/mol. The van der Waals surface area contributed by atoms with E-state index in [1.165, 1.54) is 12.3 Å². The second kappa shape index (κ2) is 8.33. The third-order valence-electron chi connectivity index (χ3n) is 3.95. The minimum Gasteiger partial charge on any atom is -0.454 e. The van der Waals surface area contributed by atoms with Crippen LogP contribution < -0.4 is 20.1 Å². The molecule has 2 aromatic rings. The molecule has 0 aliphatic carbocycles. The zero-order valence-corrected chi connectivity index (χ0v) is 14.6. The number of benzene rings is 1. The fourth-order valence-electron chi connectivity index (χ4n) is 2.54. The summed E-state index contributed by atoms with van der Waals surface area (Å²) in [6, 6.07) is 8.20. The molecule has 2 N–H and O–H groups in total. The highest BCUT2D eigenvalue weighted by Gasteiger charge is 2.16. The highest BCUT2D eigenvalue weighted by atomic mass is 16.7. The highest BCUT2D eigenvalue weighted by Crippen LogP contribution is 2.34. The summed E-state index contributed by atoms with van der Waals surface area (Å²) < 4.78 is 10.5. The zero-order valence-electron chi connectivity index (χ0n) is 14.6. The SMILES string of the molecule is CCCCCNC(=O)c1ccnc(C(=O)Nc2ccc3c(c2)OCO3)c1. The predicted molar refractivity (Wildman–Crippen MR) is 96.6 cm³/mol. The Balaban J connectivity index is 1.63. The Morgan fingerprint density at radius 3 is 2.77 bits per heavy atom. The normalized spacial score (nSPS) is 11.9. The summed E-state index contributed by atoms with van der Waals surface area (Å²) in [7, 11) is 0. The van der Waals surface area contributed by atoms with Crippen molar-refractivity contribution in [3.63, 3.8) is 0 Å². The molecule has 1 aliphatic rings. The van der Waals surface area contributed by atoms with Crippen molar-refractivity contribution in [2.24, 2.45) is 0 Å². The van der Waals surface area contributed by atoms with Crippen LogP contribution in [-0.2, 0) is 0 Å². The number of unbranched alkanes of at least 4 members (excludes halogenated alkanes) is 2. The molecule has 7 nitrogen and oxygen atoms in total. The average Bonchev–Trinajstić information content (AvgIpc) is 3.13. The molecule has 1 aliphatic heterocycles. The number of carbonyl (C=O) groups is 2. The van der Waals surface area contributed by atoms with E-state index in [0.29, 0.717) is 29.3 Å². The minimum absolute atomic E-state index is 0.170. The number of rotatable bonds is 7. The van der Waals surface area contributed by atoms with Crippen LogP contribution in [0.25, 0.3) is 0 Å². The van der Waals surface area contributed by atoms with Gasteiger partial charge < -0.3 is 20.1 Å². The largest absolute Gasteiger partial charge is 0.454 e. The fraction of sp³-hybridized carbons (Fsp3) is 0.316. The van der Waals surface area contributed by atoms with Crippen molar-refractivity contribution < 1.29 is 19.1 Å². The second-order valence-electron chi connectivity index (χ2n) is 5.91. The van der Waals surface area contributed by atoms with Crippen LogP contribution in [0.5, 0.6) is 11.5 Å². The molecule has 26 heavy (non-hydrogen) atoms. The van der Waals surface area contributed by atoms with Crippen LogP contribution in [0.3, 0.4) is 0 Å². The van der Waals surface area contributed by atoms with E-state index in [9.17, 15) is 9.59 Å². The van der Waals surface area contributed by atoms with Crippen molar-refractivity contribution in [2.45, 2.75) is 26.2 Å². The molecule has 2 amide bonds. The minimum atomic E-state index is -0.399. The number of hydrogen-bond acceptors (Lipinski definition) is 5. The van der Waals surface area contributed by atoms with E-state index in [1.54, 1.807) is 24.3 Å². The van der Waals surface area contributed by atoms with E-state index >= 15 is 0 Å².